The van der Waals surface area contributed by atoms with Gasteiger partial charge < -0.3 is 14.4 Å². The van der Waals surface area contributed by atoms with Gasteiger partial charge >= 0.3 is 0 Å². The number of aryl methyl sites for hydroxylation is 1. The van der Waals surface area contributed by atoms with E-state index in [0.29, 0.717) is 45.6 Å². The van der Waals surface area contributed by atoms with Gasteiger partial charge in [0.2, 0.25) is 0 Å². The van der Waals surface area contributed by atoms with Crippen LogP contribution in [0.4, 0.5) is 8.78 Å². The van der Waals surface area contributed by atoms with Crippen molar-refractivity contribution in [2.45, 2.75) is 26.1 Å². The quantitative estimate of drug-likeness (QED) is 0.392. The van der Waals surface area contributed by atoms with Gasteiger partial charge in [0, 0.05) is 37.5 Å². The Morgan fingerprint density at radius 2 is 1.91 bits per heavy atom. The Morgan fingerprint density at radius 3 is 2.63 bits per heavy atom. The van der Waals surface area contributed by atoms with Crippen molar-refractivity contribution in [1.82, 2.24) is 19.7 Å². The fraction of sp³-hybridized carbons (Fsp3) is 0.269. The molecule has 180 valence electrons. The number of halogens is 2. The molecule has 1 amide bonds. The van der Waals surface area contributed by atoms with Crippen LogP contribution < -0.4 is 4.74 Å². The van der Waals surface area contributed by atoms with Gasteiger partial charge in [-0.3, -0.25) is 14.5 Å². The molecule has 0 N–H and O–H groups in total. The largest absolute Gasteiger partial charge is 0.486 e. The van der Waals surface area contributed by atoms with Crippen LogP contribution in [-0.2, 0) is 24.9 Å². The molecule has 1 unspecified atom stereocenters. The number of carbonyl (C=O) groups is 1. The first kappa shape index (κ1) is 22.9. The fourth-order valence-corrected chi connectivity index (χ4v) is 4.44. The van der Waals surface area contributed by atoms with Crippen LogP contribution >= 0.6 is 0 Å². The van der Waals surface area contributed by atoms with E-state index in [9.17, 15) is 4.79 Å². The first-order valence-electron chi connectivity index (χ1n) is 11.2. The van der Waals surface area contributed by atoms with E-state index >= 15 is 8.78 Å². The van der Waals surface area contributed by atoms with E-state index in [1.165, 1.54) is 17.0 Å². The Balaban J connectivity index is 1.47. The third kappa shape index (κ3) is 4.23. The summed E-state index contributed by atoms with van der Waals surface area (Å²) >= 11 is 0. The summed E-state index contributed by atoms with van der Waals surface area (Å²) in [7, 11) is 3.37. The summed E-state index contributed by atoms with van der Waals surface area (Å²) in [5.41, 5.74) is 2.49. The molecule has 0 radical (unpaired) electrons. The molecule has 0 saturated carbocycles. The SMILES string of the molecule is COCC(C)Oc1ccc(-c2cc(F)c(CN3Cc4ncccc4C3=O)c(F)c2)c2cn(C)nc12. The highest BCUT2D eigenvalue weighted by Crippen LogP contribution is 2.36. The molecule has 7 nitrogen and oxygen atoms in total. The predicted molar refractivity (Wildman–Crippen MR) is 126 cm³/mol. The minimum absolute atomic E-state index is 0.161. The zero-order valence-corrected chi connectivity index (χ0v) is 19.6. The third-order valence-electron chi connectivity index (χ3n) is 6.03. The number of hydrogen-bond donors (Lipinski definition) is 0. The molecule has 0 bridgehead atoms. The van der Waals surface area contributed by atoms with Crippen LogP contribution in [0.3, 0.4) is 0 Å². The van der Waals surface area contributed by atoms with Crippen molar-refractivity contribution in [2.75, 3.05) is 13.7 Å². The van der Waals surface area contributed by atoms with Crippen LogP contribution in [0.15, 0.2) is 48.8 Å². The molecular weight excluding hydrogens is 454 g/mol. The molecule has 9 heteroatoms. The average molecular weight is 478 g/mol. The van der Waals surface area contributed by atoms with Crippen molar-refractivity contribution in [2.24, 2.45) is 7.05 Å². The molecule has 1 aliphatic heterocycles. The normalized spacial score (nSPS) is 14.0. The number of rotatable bonds is 7. The summed E-state index contributed by atoms with van der Waals surface area (Å²) < 4.78 is 43.1. The Morgan fingerprint density at radius 1 is 1.14 bits per heavy atom. The van der Waals surface area contributed by atoms with Crippen molar-refractivity contribution in [3.05, 3.63) is 77.2 Å². The van der Waals surface area contributed by atoms with Gasteiger partial charge in [0.25, 0.3) is 5.91 Å². The van der Waals surface area contributed by atoms with E-state index in [-0.39, 0.29) is 30.7 Å². The van der Waals surface area contributed by atoms with Gasteiger partial charge in [0.1, 0.15) is 29.0 Å². The number of aromatic nitrogens is 3. The molecule has 0 saturated heterocycles. The number of carbonyl (C=O) groups excluding carboxylic acids is 1. The molecule has 1 atom stereocenters. The summed E-state index contributed by atoms with van der Waals surface area (Å²) in [4.78, 5) is 18.2. The second kappa shape index (κ2) is 9.07. The smallest absolute Gasteiger partial charge is 0.256 e. The molecule has 0 fully saturated rings. The molecular formula is C26H24F2N4O3. The molecule has 1 aliphatic rings. The van der Waals surface area contributed by atoms with Crippen molar-refractivity contribution in [3.63, 3.8) is 0 Å². The predicted octanol–water partition coefficient (Wildman–Crippen LogP) is 4.48. The first-order valence-corrected chi connectivity index (χ1v) is 11.2. The third-order valence-corrected chi connectivity index (χ3v) is 6.03. The van der Waals surface area contributed by atoms with Crippen LogP contribution in [0.2, 0.25) is 0 Å². The average Bonchev–Trinajstić information content (AvgIpc) is 3.36. The number of hydrogen-bond acceptors (Lipinski definition) is 5. The topological polar surface area (TPSA) is 69.5 Å². The number of nitrogens with zero attached hydrogens (tertiary/aromatic N) is 4. The van der Waals surface area contributed by atoms with Gasteiger partial charge in [0.05, 0.1) is 31.0 Å². The zero-order valence-electron chi connectivity index (χ0n) is 19.6. The Kier molecular flexibility index (Phi) is 5.94. The maximum absolute atomic E-state index is 15.2. The van der Waals surface area contributed by atoms with E-state index in [0.717, 1.165) is 0 Å². The molecule has 2 aromatic carbocycles. The highest BCUT2D eigenvalue weighted by Gasteiger charge is 2.30. The molecule has 3 heterocycles. The van der Waals surface area contributed by atoms with Crippen LogP contribution in [0.1, 0.15) is 28.5 Å². The number of fused-ring (bicyclic) bond motifs is 2. The Labute approximate surface area is 200 Å². The van der Waals surface area contributed by atoms with Crippen molar-refractivity contribution >= 4 is 16.8 Å². The minimum atomic E-state index is -0.720. The highest BCUT2D eigenvalue weighted by atomic mass is 19.1. The van der Waals surface area contributed by atoms with E-state index in [1.807, 2.05) is 6.92 Å². The maximum atomic E-state index is 15.2. The van der Waals surface area contributed by atoms with Crippen molar-refractivity contribution in [3.8, 4) is 16.9 Å². The standard InChI is InChI=1S/C26H24F2N4O3/c1-15(14-34-3)35-24-7-6-17(19-11-31(2)30-25(19)24)16-9-21(27)20(22(28)10-16)12-32-13-23-18(26(32)33)5-4-8-29-23/h4-11,15H,12-14H2,1-3H3. The second-order valence-corrected chi connectivity index (χ2v) is 8.64. The Hall–Kier alpha value is -3.85. The molecule has 0 spiro atoms. The summed E-state index contributed by atoms with van der Waals surface area (Å²) in [5.74, 6) is -1.16. The zero-order chi connectivity index (χ0) is 24.7. The van der Waals surface area contributed by atoms with Gasteiger partial charge in [0.15, 0.2) is 0 Å². The highest BCUT2D eigenvalue weighted by molar-refractivity contribution is 5.98. The number of methoxy groups -OCH3 is 1. The number of pyridine rings is 1. The number of benzene rings is 2. The Bertz CT molecular complexity index is 1410. The van der Waals surface area contributed by atoms with Crippen LogP contribution in [-0.4, -0.2) is 45.4 Å². The molecule has 5 rings (SSSR count). The maximum Gasteiger partial charge on any atom is 0.256 e. The van der Waals surface area contributed by atoms with E-state index in [2.05, 4.69) is 10.1 Å². The van der Waals surface area contributed by atoms with Gasteiger partial charge in [-0.2, -0.15) is 5.10 Å². The van der Waals surface area contributed by atoms with Gasteiger partial charge in [-0.1, -0.05) is 0 Å². The minimum Gasteiger partial charge on any atom is -0.486 e. The lowest BCUT2D eigenvalue weighted by Gasteiger charge is -2.18. The van der Waals surface area contributed by atoms with Gasteiger partial charge in [-0.05, 0) is 54.4 Å². The van der Waals surface area contributed by atoms with Gasteiger partial charge in [-0.15, -0.1) is 0 Å². The fourth-order valence-electron chi connectivity index (χ4n) is 4.44. The van der Waals surface area contributed by atoms with Crippen molar-refractivity contribution < 1.29 is 23.0 Å². The van der Waals surface area contributed by atoms with E-state index in [1.54, 1.807) is 55.5 Å². The molecule has 4 aromatic rings. The summed E-state index contributed by atoms with van der Waals surface area (Å²) in [6, 6.07) is 9.43. The second-order valence-electron chi connectivity index (χ2n) is 8.64. The van der Waals surface area contributed by atoms with Crippen LogP contribution in [0, 0.1) is 11.6 Å². The van der Waals surface area contributed by atoms with E-state index in [4.69, 9.17) is 9.47 Å². The lowest BCUT2D eigenvalue weighted by Crippen LogP contribution is -2.24. The number of amides is 1. The van der Waals surface area contributed by atoms with Crippen LogP contribution in [0.25, 0.3) is 22.0 Å². The molecule has 35 heavy (non-hydrogen) atoms. The summed E-state index contributed by atoms with van der Waals surface area (Å²) in [6.07, 6.45) is 3.19. The monoisotopic (exact) mass is 478 g/mol. The van der Waals surface area contributed by atoms with E-state index < -0.39 is 11.6 Å². The number of ether oxygens (including phenoxy) is 2. The van der Waals surface area contributed by atoms with Crippen molar-refractivity contribution in [1.29, 1.82) is 0 Å². The first-order chi connectivity index (χ1) is 16.9. The lowest BCUT2D eigenvalue weighted by molar-refractivity contribution is 0.0763. The van der Waals surface area contributed by atoms with Gasteiger partial charge in [-0.25, -0.2) is 8.78 Å². The summed E-state index contributed by atoms with van der Waals surface area (Å²) in [5, 5.41) is 5.19. The summed E-state index contributed by atoms with van der Waals surface area (Å²) in [6.45, 7) is 2.33. The molecule has 2 aromatic heterocycles. The lowest BCUT2D eigenvalue weighted by atomic mass is 9.99. The molecule has 0 aliphatic carbocycles. The van der Waals surface area contributed by atoms with Crippen LogP contribution in [0.5, 0.6) is 5.75 Å².